The summed E-state index contributed by atoms with van der Waals surface area (Å²) in [7, 11) is -1.86. The second-order valence-electron chi connectivity index (χ2n) is 4.28. The van der Waals surface area contributed by atoms with Crippen molar-refractivity contribution in [2.75, 3.05) is 32.4 Å². The second-order valence-corrected chi connectivity index (χ2v) is 6.64. The molecule has 1 unspecified atom stereocenters. The predicted molar refractivity (Wildman–Crippen MR) is 65.9 cm³/mol. The van der Waals surface area contributed by atoms with Crippen LogP contribution in [-0.2, 0) is 14.8 Å². The van der Waals surface area contributed by atoms with Crippen LogP contribution in [0, 0.1) is 0 Å². The average Bonchev–Trinajstić information content (AvgIpc) is 2.76. The molecule has 1 atom stereocenters. The van der Waals surface area contributed by atoms with E-state index in [4.69, 9.17) is 5.73 Å². The average molecular weight is 263 g/mol. The van der Waals surface area contributed by atoms with Crippen LogP contribution in [-0.4, -0.2) is 62.0 Å². The van der Waals surface area contributed by atoms with Crippen molar-refractivity contribution >= 4 is 15.9 Å². The van der Waals surface area contributed by atoms with Crippen LogP contribution in [0.25, 0.3) is 0 Å². The number of nitrogens with zero attached hydrogens (tertiary/aromatic N) is 2. The van der Waals surface area contributed by atoms with Crippen LogP contribution in [0.1, 0.15) is 19.8 Å². The van der Waals surface area contributed by atoms with Gasteiger partial charge in [0, 0.05) is 26.2 Å². The molecule has 0 saturated carbocycles. The summed E-state index contributed by atoms with van der Waals surface area (Å²) < 4.78 is 24.2. The third kappa shape index (κ3) is 3.40. The molecular weight excluding hydrogens is 242 g/mol. The molecular formula is C10H21N3O3S. The molecule has 7 heteroatoms. The normalized spacial score (nSPS) is 21.2. The Hall–Kier alpha value is -0.660. The monoisotopic (exact) mass is 263 g/mol. The van der Waals surface area contributed by atoms with Gasteiger partial charge in [0.2, 0.25) is 15.9 Å². The van der Waals surface area contributed by atoms with Gasteiger partial charge in [0.1, 0.15) is 0 Å². The Balaban J connectivity index is 2.60. The fourth-order valence-corrected chi connectivity index (χ4v) is 2.76. The van der Waals surface area contributed by atoms with Gasteiger partial charge in [-0.2, -0.15) is 4.31 Å². The van der Waals surface area contributed by atoms with Crippen molar-refractivity contribution in [3.63, 3.8) is 0 Å². The van der Waals surface area contributed by atoms with Gasteiger partial charge in [-0.25, -0.2) is 8.42 Å². The first-order valence-corrected chi connectivity index (χ1v) is 7.46. The molecule has 1 amide bonds. The highest BCUT2D eigenvalue weighted by Gasteiger charge is 2.29. The number of rotatable bonds is 5. The van der Waals surface area contributed by atoms with Gasteiger partial charge in [0.25, 0.3) is 0 Å². The Morgan fingerprint density at radius 1 is 1.53 bits per heavy atom. The Morgan fingerprint density at radius 3 is 2.71 bits per heavy atom. The summed E-state index contributed by atoms with van der Waals surface area (Å²) in [5.74, 6) is -0.144. The van der Waals surface area contributed by atoms with Gasteiger partial charge in [-0.15, -0.1) is 0 Å². The number of hydrogen-bond acceptors (Lipinski definition) is 4. The summed E-state index contributed by atoms with van der Waals surface area (Å²) >= 11 is 0. The molecule has 0 aromatic rings. The number of sulfonamides is 1. The van der Waals surface area contributed by atoms with E-state index >= 15 is 0 Å². The van der Waals surface area contributed by atoms with E-state index < -0.39 is 10.0 Å². The highest BCUT2D eigenvalue weighted by molar-refractivity contribution is 7.89. The lowest BCUT2D eigenvalue weighted by Crippen LogP contribution is -2.45. The lowest BCUT2D eigenvalue weighted by Gasteiger charge is -2.25. The first kappa shape index (κ1) is 14.4. The molecule has 0 spiro atoms. The Labute approximate surface area is 103 Å². The summed E-state index contributed by atoms with van der Waals surface area (Å²) in [6.45, 7) is 2.60. The molecule has 0 radical (unpaired) electrons. The third-order valence-corrected chi connectivity index (χ3v) is 4.98. The minimum atomic E-state index is -3.29. The van der Waals surface area contributed by atoms with Gasteiger partial charge in [-0.3, -0.25) is 4.79 Å². The zero-order chi connectivity index (χ0) is 13.1. The number of carbonyl (C=O) groups excluding carboxylic acids is 1. The maximum atomic E-state index is 12.0. The van der Waals surface area contributed by atoms with Crippen molar-refractivity contribution in [2.24, 2.45) is 5.73 Å². The van der Waals surface area contributed by atoms with Crippen LogP contribution in [0.4, 0.5) is 0 Å². The number of hydrogen-bond donors (Lipinski definition) is 1. The minimum absolute atomic E-state index is 0.0110. The minimum Gasteiger partial charge on any atom is -0.337 e. The smallest absolute Gasteiger partial charge is 0.238 e. The van der Waals surface area contributed by atoms with Gasteiger partial charge >= 0.3 is 0 Å². The van der Waals surface area contributed by atoms with Crippen molar-refractivity contribution in [2.45, 2.75) is 25.8 Å². The van der Waals surface area contributed by atoms with Crippen LogP contribution >= 0.6 is 0 Å². The van der Waals surface area contributed by atoms with Crippen molar-refractivity contribution < 1.29 is 13.2 Å². The van der Waals surface area contributed by atoms with Crippen molar-refractivity contribution in [3.8, 4) is 0 Å². The van der Waals surface area contributed by atoms with E-state index in [-0.39, 0.29) is 24.2 Å². The fourth-order valence-electron chi connectivity index (χ4n) is 2.01. The molecule has 1 saturated heterocycles. The van der Waals surface area contributed by atoms with Gasteiger partial charge < -0.3 is 10.6 Å². The molecule has 1 fully saturated rings. The van der Waals surface area contributed by atoms with Crippen LogP contribution in [0.15, 0.2) is 0 Å². The van der Waals surface area contributed by atoms with Crippen molar-refractivity contribution in [3.05, 3.63) is 0 Å². The van der Waals surface area contributed by atoms with E-state index in [9.17, 15) is 13.2 Å². The molecule has 0 aromatic carbocycles. The zero-order valence-electron chi connectivity index (χ0n) is 10.4. The van der Waals surface area contributed by atoms with Crippen molar-refractivity contribution in [1.29, 1.82) is 0 Å². The quantitative estimate of drug-likeness (QED) is 0.705. The van der Waals surface area contributed by atoms with Gasteiger partial charge in [0.15, 0.2) is 0 Å². The molecule has 0 aliphatic carbocycles. The standard InChI is InChI=1S/C10H21N3O3S/c1-3-17(15,16)12(2)8-10(14)13-6-4-5-9(13)7-11/h9H,3-8,11H2,1-2H3. The Bertz CT molecular complexity index is 369. The number of likely N-dealkylation sites (tertiary alicyclic amines) is 1. The second kappa shape index (κ2) is 5.79. The lowest BCUT2D eigenvalue weighted by atomic mass is 10.2. The fraction of sp³-hybridized carbons (Fsp3) is 0.900. The first-order chi connectivity index (χ1) is 7.92. The van der Waals surface area contributed by atoms with Gasteiger partial charge in [0.05, 0.1) is 12.3 Å². The molecule has 17 heavy (non-hydrogen) atoms. The van der Waals surface area contributed by atoms with E-state index in [1.807, 2.05) is 0 Å². The molecule has 1 heterocycles. The van der Waals surface area contributed by atoms with Crippen LogP contribution in [0.5, 0.6) is 0 Å². The maximum Gasteiger partial charge on any atom is 0.238 e. The van der Waals surface area contributed by atoms with Crippen LogP contribution in [0.3, 0.4) is 0 Å². The largest absolute Gasteiger partial charge is 0.337 e. The van der Waals surface area contributed by atoms with Crippen LogP contribution in [0.2, 0.25) is 0 Å². The molecule has 1 aliphatic heterocycles. The summed E-state index contributed by atoms with van der Waals surface area (Å²) in [5.41, 5.74) is 5.58. The van der Waals surface area contributed by atoms with Crippen LogP contribution < -0.4 is 5.73 Å². The molecule has 1 aliphatic rings. The lowest BCUT2D eigenvalue weighted by molar-refractivity contribution is -0.131. The first-order valence-electron chi connectivity index (χ1n) is 5.86. The van der Waals surface area contributed by atoms with E-state index in [0.29, 0.717) is 13.1 Å². The molecule has 100 valence electrons. The highest BCUT2D eigenvalue weighted by atomic mass is 32.2. The van der Waals surface area contributed by atoms with E-state index in [0.717, 1.165) is 17.1 Å². The van der Waals surface area contributed by atoms with Gasteiger partial charge in [-0.1, -0.05) is 0 Å². The molecule has 0 bridgehead atoms. The molecule has 1 rings (SSSR count). The molecule has 2 N–H and O–H groups in total. The molecule has 6 nitrogen and oxygen atoms in total. The summed E-state index contributed by atoms with van der Waals surface area (Å²) in [6, 6.07) is 0.0697. The molecule has 0 aromatic heterocycles. The van der Waals surface area contributed by atoms with E-state index in [1.165, 1.54) is 7.05 Å². The summed E-state index contributed by atoms with van der Waals surface area (Å²) in [6.07, 6.45) is 1.85. The van der Waals surface area contributed by atoms with Gasteiger partial charge in [-0.05, 0) is 19.8 Å². The predicted octanol–water partition coefficient (Wildman–Crippen LogP) is -0.782. The zero-order valence-corrected chi connectivity index (χ0v) is 11.2. The summed E-state index contributed by atoms with van der Waals surface area (Å²) in [5, 5.41) is 0. The number of likely N-dealkylation sites (N-methyl/N-ethyl adjacent to an activating group) is 1. The topological polar surface area (TPSA) is 83.7 Å². The highest BCUT2D eigenvalue weighted by Crippen LogP contribution is 2.16. The Kier molecular flexibility index (Phi) is 4.91. The van der Waals surface area contributed by atoms with E-state index in [1.54, 1.807) is 11.8 Å². The summed E-state index contributed by atoms with van der Waals surface area (Å²) in [4.78, 5) is 13.6. The Morgan fingerprint density at radius 2 is 2.18 bits per heavy atom. The number of nitrogens with two attached hydrogens (primary N) is 1. The van der Waals surface area contributed by atoms with Crippen molar-refractivity contribution in [1.82, 2.24) is 9.21 Å². The SMILES string of the molecule is CCS(=O)(=O)N(C)CC(=O)N1CCCC1CN. The maximum absolute atomic E-state index is 12.0. The number of carbonyl (C=O) groups is 1. The third-order valence-electron chi connectivity index (χ3n) is 3.17. The van der Waals surface area contributed by atoms with E-state index in [2.05, 4.69) is 0 Å². The number of amides is 1.